The van der Waals surface area contributed by atoms with Gasteiger partial charge in [-0.3, -0.25) is 0 Å². The molecule has 2 aromatic heterocycles. The van der Waals surface area contributed by atoms with Crippen LogP contribution in [0.4, 0.5) is 0 Å². The summed E-state index contributed by atoms with van der Waals surface area (Å²) >= 11 is 1.68. The zero-order chi connectivity index (χ0) is 12.5. The van der Waals surface area contributed by atoms with Crippen LogP contribution in [-0.4, -0.2) is 17.6 Å². The molecule has 0 unspecified atom stereocenters. The number of furan rings is 1. The monoisotopic (exact) mass is 250 g/mol. The summed E-state index contributed by atoms with van der Waals surface area (Å²) in [6, 6.07) is 3.93. The third kappa shape index (κ3) is 2.96. The van der Waals surface area contributed by atoms with E-state index in [2.05, 4.69) is 29.5 Å². The highest BCUT2D eigenvalue weighted by Gasteiger charge is 2.18. The molecule has 0 saturated carbocycles. The number of thiazole rings is 1. The molecule has 17 heavy (non-hydrogen) atoms. The van der Waals surface area contributed by atoms with Gasteiger partial charge in [0.15, 0.2) is 5.76 Å². The Balaban J connectivity index is 2.16. The standard InChI is InChI=1S/C13H18N2OS/c1-9-5-6-11(16-9)10-8-17-12(15-10)7-13(2,3)14-4/h5-6,8,14H,7H2,1-4H3. The van der Waals surface area contributed by atoms with Gasteiger partial charge in [-0.25, -0.2) is 4.98 Å². The molecule has 0 aliphatic carbocycles. The molecular weight excluding hydrogens is 232 g/mol. The van der Waals surface area contributed by atoms with Gasteiger partial charge in [-0.2, -0.15) is 0 Å². The van der Waals surface area contributed by atoms with E-state index in [1.54, 1.807) is 11.3 Å². The highest BCUT2D eigenvalue weighted by Crippen LogP contribution is 2.25. The van der Waals surface area contributed by atoms with Crippen molar-refractivity contribution in [3.8, 4) is 11.5 Å². The molecule has 0 bridgehead atoms. The van der Waals surface area contributed by atoms with Crippen molar-refractivity contribution in [2.75, 3.05) is 7.05 Å². The molecule has 0 amide bonds. The second-order valence-electron chi connectivity index (χ2n) is 4.85. The summed E-state index contributed by atoms with van der Waals surface area (Å²) < 4.78 is 5.57. The van der Waals surface area contributed by atoms with Crippen molar-refractivity contribution >= 4 is 11.3 Å². The van der Waals surface area contributed by atoms with E-state index in [1.807, 2.05) is 26.1 Å². The number of likely N-dealkylation sites (N-methyl/N-ethyl adjacent to an activating group) is 1. The van der Waals surface area contributed by atoms with Gasteiger partial charge in [0.05, 0.1) is 5.01 Å². The third-order valence-electron chi connectivity index (χ3n) is 2.81. The molecule has 2 heterocycles. The van der Waals surface area contributed by atoms with Gasteiger partial charge in [-0.15, -0.1) is 11.3 Å². The minimum absolute atomic E-state index is 0.0776. The van der Waals surface area contributed by atoms with Crippen LogP contribution in [0, 0.1) is 6.92 Å². The SMILES string of the molecule is CNC(C)(C)Cc1nc(-c2ccc(C)o2)cs1. The Morgan fingerprint density at radius 3 is 2.76 bits per heavy atom. The Morgan fingerprint density at radius 2 is 2.18 bits per heavy atom. The first kappa shape index (κ1) is 12.3. The molecule has 2 rings (SSSR count). The average Bonchev–Trinajstić information content (AvgIpc) is 2.86. The Bertz CT molecular complexity index is 499. The van der Waals surface area contributed by atoms with E-state index in [9.17, 15) is 0 Å². The number of aryl methyl sites for hydroxylation is 1. The molecule has 4 heteroatoms. The van der Waals surface area contributed by atoms with E-state index < -0.39 is 0 Å². The van der Waals surface area contributed by atoms with Crippen LogP contribution in [0.5, 0.6) is 0 Å². The van der Waals surface area contributed by atoms with Gasteiger partial charge in [0, 0.05) is 17.3 Å². The lowest BCUT2D eigenvalue weighted by molar-refractivity contribution is 0.421. The number of hydrogen-bond donors (Lipinski definition) is 1. The van der Waals surface area contributed by atoms with Gasteiger partial charge >= 0.3 is 0 Å². The number of aromatic nitrogens is 1. The number of rotatable bonds is 4. The molecule has 0 saturated heterocycles. The summed E-state index contributed by atoms with van der Waals surface area (Å²) in [6.07, 6.45) is 0.924. The Hall–Kier alpha value is -1.13. The van der Waals surface area contributed by atoms with E-state index in [0.29, 0.717) is 0 Å². The summed E-state index contributed by atoms with van der Waals surface area (Å²) in [6.45, 7) is 6.29. The van der Waals surface area contributed by atoms with Crippen molar-refractivity contribution in [1.29, 1.82) is 0 Å². The van der Waals surface area contributed by atoms with Gasteiger partial charge < -0.3 is 9.73 Å². The predicted octanol–water partition coefficient (Wildman–Crippen LogP) is 3.25. The minimum atomic E-state index is 0.0776. The predicted molar refractivity (Wildman–Crippen MR) is 71.4 cm³/mol. The first-order chi connectivity index (χ1) is 8.00. The molecule has 0 aromatic carbocycles. The highest BCUT2D eigenvalue weighted by atomic mass is 32.1. The highest BCUT2D eigenvalue weighted by molar-refractivity contribution is 7.09. The second kappa shape index (κ2) is 4.63. The zero-order valence-electron chi connectivity index (χ0n) is 10.7. The fraction of sp³-hybridized carbons (Fsp3) is 0.462. The number of nitrogens with zero attached hydrogens (tertiary/aromatic N) is 1. The van der Waals surface area contributed by atoms with Gasteiger partial charge in [-0.1, -0.05) is 0 Å². The maximum absolute atomic E-state index is 5.57. The molecule has 3 nitrogen and oxygen atoms in total. The lowest BCUT2D eigenvalue weighted by Crippen LogP contribution is -2.38. The fourth-order valence-electron chi connectivity index (χ4n) is 1.54. The summed E-state index contributed by atoms with van der Waals surface area (Å²) in [7, 11) is 1.98. The minimum Gasteiger partial charge on any atom is -0.460 e. The van der Waals surface area contributed by atoms with Crippen LogP contribution in [0.25, 0.3) is 11.5 Å². The van der Waals surface area contributed by atoms with E-state index in [0.717, 1.165) is 28.6 Å². The van der Waals surface area contributed by atoms with Gasteiger partial charge in [-0.05, 0) is 40.0 Å². The van der Waals surface area contributed by atoms with Gasteiger partial charge in [0.25, 0.3) is 0 Å². The lowest BCUT2D eigenvalue weighted by atomic mass is 10.0. The Labute approximate surface area is 106 Å². The van der Waals surface area contributed by atoms with Crippen LogP contribution >= 0.6 is 11.3 Å². The zero-order valence-corrected chi connectivity index (χ0v) is 11.5. The van der Waals surface area contributed by atoms with Crippen LogP contribution < -0.4 is 5.32 Å². The normalized spacial score (nSPS) is 12.0. The average molecular weight is 250 g/mol. The van der Waals surface area contributed by atoms with Crippen LogP contribution in [0.1, 0.15) is 24.6 Å². The lowest BCUT2D eigenvalue weighted by Gasteiger charge is -2.22. The topological polar surface area (TPSA) is 38.1 Å². The molecule has 0 spiro atoms. The third-order valence-corrected chi connectivity index (χ3v) is 3.66. The van der Waals surface area contributed by atoms with Gasteiger partial charge in [0.1, 0.15) is 11.5 Å². The summed E-state index contributed by atoms with van der Waals surface area (Å²) in [5.41, 5.74) is 1.01. The molecule has 1 N–H and O–H groups in total. The molecule has 0 atom stereocenters. The molecule has 0 radical (unpaired) electrons. The maximum atomic E-state index is 5.57. The van der Waals surface area contributed by atoms with Crippen LogP contribution in [-0.2, 0) is 6.42 Å². The van der Waals surface area contributed by atoms with Crippen molar-refractivity contribution in [3.63, 3.8) is 0 Å². The Morgan fingerprint density at radius 1 is 1.41 bits per heavy atom. The molecule has 2 aromatic rings. The second-order valence-corrected chi connectivity index (χ2v) is 5.79. The largest absolute Gasteiger partial charge is 0.460 e. The Kier molecular flexibility index (Phi) is 3.35. The van der Waals surface area contributed by atoms with Crippen molar-refractivity contribution in [1.82, 2.24) is 10.3 Å². The van der Waals surface area contributed by atoms with E-state index in [4.69, 9.17) is 4.42 Å². The quantitative estimate of drug-likeness (QED) is 0.905. The molecular formula is C13H18N2OS. The first-order valence-electron chi connectivity index (χ1n) is 5.70. The van der Waals surface area contributed by atoms with E-state index in [1.165, 1.54) is 0 Å². The smallest absolute Gasteiger partial charge is 0.153 e. The van der Waals surface area contributed by atoms with Crippen molar-refractivity contribution in [3.05, 3.63) is 28.3 Å². The summed E-state index contributed by atoms with van der Waals surface area (Å²) in [5.74, 6) is 1.78. The maximum Gasteiger partial charge on any atom is 0.153 e. The fourth-order valence-corrected chi connectivity index (χ4v) is 2.56. The molecule has 92 valence electrons. The van der Waals surface area contributed by atoms with E-state index in [-0.39, 0.29) is 5.54 Å². The van der Waals surface area contributed by atoms with Crippen molar-refractivity contribution in [2.24, 2.45) is 0 Å². The first-order valence-corrected chi connectivity index (χ1v) is 6.58. The number of nitrogens with one attached hydrogen (secondary N) is 1. The van der Waals surface area contributed by atoms with Gasteiger partial charge in [0.2, 0.25) is 0 Å². The summed E-state index contributed by atoms with van der Waals surface area (Å²) in [4.78, 5) is 4.61. The van der Waals surface area contributed by atoms with Crippen molar-refractivity contribution in [2.45, 2.75) is 32.7 Å². The summed E-state index contributed by atoms with van der Waals surface area (Å²) in [5, 5.41) is 6.47. The van der Waals surface area contributed by atoms with Crippen LogP contribution in [0.15, 0.2) is 21.9 Å². The number of hydrogen-bond acceptors (Lipinski definition) is 4. The van der Waals surface area contributed by atoms with E-state index >= 15 is 0 Å². The van der Waals surface area contributed by atoms with Crippen LogP contribution in [0.2, 0.25) is 0 Å². The van der Waals surface area contributed by atoms with Crippen molar-refractivity contribution < 1.29 is 4.42 Å². The molecule has 0 aliphatic heterocycles. The molecule has 0 fully saturated rings. The van der Waals surface area contributed by atoms with Crippen LogP contribution in [0.3, 0.4) is 0 Å². The molecule has 0 aliphatic rings.